The summed E-state index contributed by atoms with van der Waals surface area (Å²) in [5.41, 5.74) is 10.4. The second kappa shape index (κ2) is 8.52. The summed E-state index contributed by atoms with van der Waals surface area (Å²) in [4.78, 5) is 5.40. The van der Waals surface area contributed by atoms with Crippen molar-refractivity contribution in [2.45, 2.75) is 26.2 Å². The van der Waals surface area contributed by atoms with E-state index < -0.39 is 0 Å². The molecule has 214 valence electrons. The van der Waals surface area contributed by atoms with E-state index in [1.54, 1.807) is 0 Å². The van der Waals surface area contributed by atoms with Gasteiger partial charge < -0.3 is 9.13 Å². The van der Waals surface area contributed by atoms with Gasteiger partial charge in [-0.05, 0) is 54.6 Å². The molecule has 0 saturated heterocycles. The lowest BCUT2D eigenvalue weighted by Gasteiger charge is -2.16. The monoisotopic (exact) mass is 578 g/mol. The van der Waals surface area contributed by atoms with Crippen LogP contribution in [-0.2, 0) is 5.41 Å². The van der Waals surface area contributed by atoms with Crippen LogP contribution in [0.1, 0.15) is 26.6 Å². The highest BCUT2D eigenvalue weighted by molar-refractivity contribution is 6.33. The molecule has 4 heterocycles. The number of rotatable bonds is 2. The van der Waals surface area contributed by atoms with Gasteiger partial charge in [0.2, 0.25) is 0 Å². The Labute approximate surface area is 259 Å². The summed E-state index contributed by atoms with van der Waals surface area (Å²) >= 11 is 0. The number of imidazole rings is 1. The Kier molecular flexibility index (Phi) is 4.69. The summed E-state index contributed by atoms with van der Waals surface area (Å²) in [5, 5.41) is 7.63. The van der Waals surface area contributed by atoms with Crippen molar-refractivity contribution in [3.8, 4) is 11.4 Å². The molecule has 45 heavy (non-hydrogen) atoms. The number of fused-ring (bicyclic) bond motifs is 10. The van der Waals surface area contributed by atoms with E-state index in [1.165, 1.54) is 71.1 Å². The Morgan fingerprint density at radius 3 is 1.71 bits per heavy atom. The second-order valence-electron chi connectivity index (χ2n) is 13.3. The molecule has 0 bridgehead atoms. The van der Waals surface area contributed by atoms with E-state index in [0.717, 1.165) is 17.0 Å². The van der Waals surface area contributed by atoms with Crippen molar-refractivity contribution in [2.75, 3.05) is 0 Å². The molecule has 10 aromatic rings. The van der Waals surface area contributed by atoms with E-state index in [1.807, 2.05) is 0 Å². The normalized spacial score (nSPS) is 12.8. The highest BCUT2D eigenvalue weighted by atomic mass is 15.1. The minimum absolute atomic E-state index is 0.152. The average molecular weight is 579 g/mol. The van der Waals surface area contributed by atoms with Gasteiger partial charge in [0, 0.05) is 49.1 Å². The molecular formula is C41H30N4. The third-order valence-corrected chi connectivity index (χ3v) is 9.58. The van der Waals surface area contributed by atoms with Crippen LogP contribution in [0.2, 0.25) is 0 Å². The summed E-state index contributed by atoms with van der Waals surface area (Å²) < 4.78 is 7.28. The molecule has 0 aliphatic carbocycles. The number of benzene rings is 6. The Bertz CT molecular complexity index is 2770. The fourth-order valence-electron chi connectivity index (χ4n) is 7.78. The molecule has 0 radical (unpaired) electrons. The molecule has 0 spiro atoms. The van der Waals surface area contributed by atoms with Gasteiger partial charge in [0.15, 0.2) is 0 Å². The van der Waals surface area contributed by atoms with Crippen molar-refractivity contribution in [1.29, 1.82) is 0 Å². The largest absolute Gasteiger partial charge is 0.309 e. The number of para-hydroxylation sites is 4. The minimum Gasteiger partial charge on any atom is -0.309 e. The molecule has 0 aliphatic heterocycles. The second-order valence-corrected chi connectivity index (χ2v) is 13.3. The third kappa shape index (κ3) is 3.18. The maximum absolute atomic E-state index is 5.40. The molecule has 6 aromatic carbocycles. The van der Waals surface area contributed by atoms with Gasteiger partial charge in [0.1, 0.15) is 5.82 Å². The summed E-state index contributed by atoms with van der Waals surface area (Å²) in [6.07, 6.45) is 0. The van der Waals surface area contributed by atoms with Gasteiger partial charge in [0.05, 0.1) is 38.6 Å². The van der Waals surface area contributed by atoms with Crippen LogP contribution >= 0.6 is 0 Å². The first kappa shape index (κ1) is 24.8. The number of hydrogen-bond donors (Lipinski definition) is 0. The molecule has 0 saturated carbocycles. The van der Waals surface area contributed by atoms with Crippen molar-refractivity contribution in [3.05, 3.63) is 133 Å². The maximum Gasteiger partial charge on any atom is 0.119 e. The highest BCUT2D eigenvalue weighted by Gasteiger charge is 2.29. The molecule has 0 fully saturated rings. The molecular weight excluding hydrogens is 548 g/mol. The number of hydrogen-bond acceptors (Lipinski definition) is 1. The van der Waals surface area contributed by atoms with Crippen molar-refractivity contribution in [1.82, 2.24) is 18.5 Å². The van der Waals surface area contributed by atoms with Crippen LogP contribution in [0.5, 0.6) is 0 Å². The fourth-order valence-corrected chi connectivity index (χ4v) is 7.78. The summed E-state index contributed by atoms with van der Waals surface area (Å²) in [5.74, 6) is 1.09. The van der Waals surface area contributed by atoms with Crippen LogP contribution in [0.4, 0.5) is 0 Å². The first-order valence-corrected chi connectivity index (χ1v) is 15.7. The van der Waals surface area contributed by atoms with Gasteiger partial charge in [-0.3, -0.25) is 4.40 Å². The Morgan fingerprint density at radius 1 is 0.467 bits per heavy atom. The summed E-state index contributed by atoms with van der Waals surface area (Å²) in [6, 6.07) is 46.3. The van der Waals surface area contributed by atoms with Gasteiger partial charge in [-0.1, -0.05) is 93.6 Å². The highest BCUT2D eigenvalue weighted by Crippen LogP contribution is 2.46. The van der Waals surface area contributed by atoms with Crippen LogP contribution in [-0.4, -0.2) is 18.5 Å². The van der Waals surface area contributed by atoms with Crippen LogP contribution in [0.15, 0.2) is 127 Å². The summed E-state index contributed by atoms with van der Waals surface area (Å²) in [6.45, 7) is 6.82. The van der Waals surface area contributed by atoms with E-state index in [9.17, 15) is 0 Å². The fraction of sp³-hybridized carbons (Fsp3) is 0.0976. The van der Waals surface area contributed by atoms with E-state index in [2.05, 4.69) is 162 Å². The Hall–Kier alpha value is -5.61. The maximum atomic E-state index is 5.40. The predicted molar refractivity (Wildman–Crippen MR) is 189 cm³/mol. The topological polar surface area (TPSA) is 27.2 Å². The first-order valence-electron chi connectivity index (χ1n) is 15.7. The van der Waals surface area contributed by atoms with Crippen molar-refractivity contribution >= 4 is 70.9 Å². The lowest BCUT2D eigenvalue weighted by molar-refractivity contribution is 0.547. The SMILES string of the molecule is CC(C)(C)c1nc2cc3c(c4ccccc4n3-c3ccccc3)c3c4cc5c6ccccc6n(-c6ccccc6)c5cc4n1c23. The van der Waals surface area contributed by atoms with Gasteiger partial charge in [-0.15, -0.1) is 0 Å². The molecule has 4 nitrogen and oxygen atoms in total. The number of aromatic nitrogens is 4. The van der Waals surface area contributed by atoms with Gasteiger partial charge in [0.25, 0.3) is 0 Å². The molecule has 4 aromatic heterocycles. The Morgan fingerprint density at radius 2 is 1.04 bits per heavy atom. The standard InChI is InChI=1S/C41H30N4/c1-41(2,3)40-42-31-23-36-37(28-19-11-13-21-33(28)44(36)26-16-8-5-9-17-26)38-30-22-29-27-18-10-12-20-32(27)43(25-14-6-4-7-15-25)34(29)24-35(30)45(40)39(31)38/h4-24H,1-3H3. The molecule has 0 amide bonds. The van der Waals surface area contributed by atoms with Crippen molar-refractivity contribution < 1.29 is 0 Å². The van der Waals surface area contributed by atoms with Gasteiger partial charge in [-0.25, -0.2) is 4.98 Å². The molecule has 0 unspecified atom stereocenters. The van der Waals surface area contributed by atoms with E-state index in [-0.39, 0.29) is 5.41 Å². The zero-order valence-corrected chi connectivity index (χ0v) is 25.4. The van der Waals surface area contributed by atoms with Gasteiger partial charge >= 0.3 is 0 Å². The quantitative estimate of drug-likeness (QED) is 0.200. The first-order chi connectivity index (χ1) is 22.0. The van der Waals surface area contributed by atoms with Crippen LogP contribution in [0.25, 0.3) is 82.3 Å². The molecule has 0 atom stereocenters. The molecule has 10 rings (SSSR count). The number of nitrogens with zero attached hydrogens (tertiary/aromatic N) is 4. The van der Waals surface area contributed by atoms with Crippen molar-refractivity contribution in [3.63, 3.8) is 0 Å². The van der Waals surface area contributed by atoms with Crippen LogP contribution in [0, 0.1) is 0 Å². The molecule has 0 aliphatic rings. The van der Waals surface area contributed by atoms with E-state index in [0.29, 0.717) is 0 Å². The zero-order chi connectivity index (χ0) is 30.0. The van der Waals surface area contributed by atoms with Gasteiger partial charge in [-0.2, -0.15) is 0 Å². The lowest BCUT2D eigenvalue weighted by Crippen LogP contribution is -2.15. The molecule has 0 N–H and O–H groups in total. The molecule has 4 heteroatoms. The lowest BCUT2D eigenvalue weighted by atomic mass is 9.96. The average Bonchev–Trinajstić information content (AvgIpc) is 3.79. The van der Waals surface area contributed by atoms with Crippen LogP contribution in [0.3, 0.4) is 0 Å². The Balaban J connectivity index is 1.48. The zero-order valence-electron chi connectivity index (χ0n) is 25.4. The van der Waals surface area contributed by atoms with Crippen molar-refractivity contribution in [2.24, 2.45) is 0 Å². The van der Waals surface area contributed by atoms with Crippen LogP contribution < -0.4 is 0 Å². The van der Waals surface area contributed by atoms with E-state index >= 15 is 0 Å². The predicted octanol–water partition coefficient (Wildman–Crippen LogP) is 10.6. The smallest absolute Gasteiger partial charge is 0.119 e. The van der Waals surface area contributed by atoms with E-state index in [4.69, 9.17) is 4.98 Å². The third-order valence-electron chi connectivity index (χ3n) is 9.58. The summed E-state index contributed by atoms with van der Waals surface area (Å²) in [7, 11) is 0. The minimum atomic E-state index is -0.152.